The third-order valence-electron chi connectivity index (χ3n) is 4.24. The molecule has 2 N–H and O–H groups in total. The van der Waals surface area contributed by atoms with E-state index in [1.807, 2.05) is 12.1 Å². The molecule has 1 atom stereocenters. The lowest BCUT2D eigenvalue weighted by molar-refractivity contribution is 0.0964. The monoisotopic (exact) mass is 291 g/mol. The Morgan fingerprint density at radius 2 is 2.00 bits per heavy atom. The molecule has 1 heterocycles. The van der Waals surface area contributed by atoms with Crippen molar-refractivity contribution in [3.05, 3.63) is 35.4 Å². The topological polar surface area (TPSA) is 32.5 Å². The molecule has 1 fully saturated rings. The van der Waals surface area contributed by atoms with Crippen LogP contribution in [-0.4, -0.2) is 47.0 Å². The summed E-state index contributed by atoms with van der Waals surface area (Å²) in [5.41, 5.74) is 7.96. The van der Waals surface area contributed by atoms with Gasteiger partial charge in [0.05, 0.1) is 0 Å². The molecule has 3 nitrogen and oxygen atoms in total. The number of nitrogens with zero attached hydrogens (tertiary/aromatic N) is 2. The summed E-state index contributed by atoms with van der Waals surface area (Å²) >= 11 is 5.04. The maximum Gasteiger partial charge on any atom is 0.103 e. The molecule has 0 radical (unpaired) electrons. The highest BCUT2D eigenvalue weighted by molar-refractivity contribution is 7.80. The summed E-state index contributed by atoms with van der Waals surface area (Å²) in [7, 11) is 0. The summed E-state index contributed by atoms with van der Waals surface area (Å²) in [6, 6.07) is 8.99. The minimum atomic E-state index is 0.480. The van der Waals surface area contributed by atoms with E-state index in [0.29, 0.717) is 11.0 Å². The van der Waals surface area contributed by atoms with E-state index in [1.54, 1.807) is 0 Å². The van der Waals surface area contributed by atoms with Crippen LogP contribution in [0.15, 0.2) is 24.3 Å². The first-order chi connectivity index (χ1) is 9.60. The van der Waals surface area contributed by atoms with Crippen molar-refractivity contribution in [2.75, 3.05) is 26.2 Å². The van der Waals surface area contributed by atoms with Crippen LogP contribution in [-0.2, 0) is 6.54 Å². The van der Waals surface area contributed by atoms with Gasteiger partial charge >= 0.3 is 0 Å². The maximum atomic E-state index is 5.69. The summed E-state index contributed by atoms with van der Waals surface area (Å²) in [4.78, 5) is 5.58. The fourth-order valence-corrected chi connectivity index (χ4v) is 2.83. The van der Waals surface area contributed by atoms with E-state index in [9.17, 15) is 0 Å². The molecule has 1 aliphatic heterocycles. The Bertz CT molecular complexity index is 453. The minimum absolute atomic E-state index is 0.480. The number of thiocarbonyl (C=S) groups is 1. The Hall–Kier alpha value is -0.970. The zero-order valence-electron chi connectivity index (χ0n) is 12.5. The van der Waals surface area contributed by atoms with Crippen molar-refractivity contribution < 1.29 is 0 Å². The molecule has 1 saturated heterocycles. The second kappa shape index (κ2) is 7.16. The first kappa shape index (κ1) is 15.4. The van der Waals surface area contributed by atoms with E-state index >= 15 is 0 Å². The van der Waals surface area contributed by atoms with Gasteiger partial charge in [-0.3, -0.25) is 9.80 Å². The molecule has 4 heteroatoms. The average molecular weight is 291 g/mol. The van der Waals surface area contributed by atoms with Crippen molar-refractivity contribution in [1.82, 2.24) is 9.80 Å². The van der Waals surface area contributed by atoms with Crippen molar-refractivity contribution >= 4 is 17.2 Å². The number of hydrogen-bond acceptors (Lipinski definition) is 3. The molecule has 110 valence electrons. The van der Waals surface area contributed by atoms with E-state index in [2.05, 4.69) is 35.8 Å². The summed E-state index contributed by atoms with van der Waals surface area (Å²) in [6.45, 7) is 10.2. The molecule has 0 aromatic heterocycles. The van der Waals surface area contributed by atoms with Crippen LogP contribution in [0.5, 0.6) is 0 Å². The largest absolute Gasteiger partial charge is 0.389 e. The highest BCUT2D eigenvalue weighted by atomic mass is 32.1. The fourth-order valence-electron chi connectivity index (χ4n) is 2.70. The Morgan fingerprint density at radius 3 is 2.60 bits per heavy atom. The fraction of sp³-hybridized carbons (Fsp3) is 0.562. The molecular formula is C16H25N3S. The molecule has 2 rings (SSSR count). The predicted molar refractivity (Wildman–Crippen MR) is 88.9 cm³/mol. The average Bonchev–Trinajstić information content (AvgIpc) is 2.47. The van der Waals surface area contributed by atoms with Gasteiger partial charge in [-0.25, -0.2) is 0 Å². The van der Waals surface area contributed by atoms with Gasteiger partial charge in [-0.05, 0) is 25.0 Å². The molecule has 1 aliphatic rings. The first-order valence-corrected chi connectivity index (χ1v) is 7.86. The zero-order chi connectivity index (χ0) is 14.5. The molecule has 0 bridgehead atoms. The van der Waals surface area contributed by atoms with Crippen molar-refractivity contribution in [2.45, 2.75) is 32.9 Å². The number of rotatable bonds is 5. The highest BCUT2D eigenvalue weighted by Crippen LogP contribution is 2.13. The molecule has 1 aromatic rings. The van der Waals surface area contributed by atoms with E-state index in [4.69, 9.17) is 18.0 Å². The Balaban J connectivity index is 1.89. The zero-order valence-corrected chi connectivity index (χ0v) is 13.3. The van der Waals surface area contributed by atoms with Gasteiger partial charge < -0.3 is 5.73 Å². The van der Waals surface area contributed by atoms with Crippen LogP contribution >= 0.6 is 12.2 Å². The first-order valence-electron chi connectivity index (χ1n) is 7.45. The van der Waals surface area contributed by atoms with Gasteiger partial charge in [0, 0.05) is 44.3 Å². The van der Waals surface area contributed by atoms with Crippen molar-refractivity contribution in [1.29, 1.82) is 0 Å². The third kappa shape index (κ3) is 4.01. The normalized spacial score (nSPS) is 18.9. The van der Waals surface area contributed by atoms with Gasteiger partial charge in [0.25, 0.3) is 0 Å². The summed E-state index contributed by atoms with van der Waals surface area (Å²) in [6.07, 6.45) is 1.23. The van der Waals surface area contributed by atoms with Gasteiger partial charge in [-0.1, -0.05) is 37.3 Å². The number of benzene rings is 1. The third-order valence-corrected chi connectivity index (χ3v) is 4.47. The lowest BCUT2D eigenvalue weighted by Gasteiger charge is -2.37. The molecule has 1 aromatic carbocycles. The van der Waals surface area contributed by atoms with Gasteiger partial charge in [0.15, 0.2) is 0 Å². The van der Waals surface area contributed by atoms with Crippen LogP contribution in [0.3, 0.4) is 0 Å². The second-order valence-corrected chi connectivity index (χ2v) is 6.07. The van der Waals surface area contributed by atoms with Crippen molar-refractivity contribution in [2.24, 2.45) is 5.73 Å². The van der Waals surface area contributed by atoms with Crippen LogP contribution < -0.4 is 5.73 Å². The smallest absolute Gasteiger partial charge is 0.103 e. The van der Waals surface area contributed by atoms with Crippen LogP contribution in [0.4, 0.5) is 0 Å². The number of piperazine rings is 1. The van der Waals surface area contributed by atoms with E-state index in [-0.39, 0.29) is 0 Å². The molecule has 1 unspecified atom stereocenters. The lowest BCUT2D eigenvalue weighted by Crippen LogP contribution is -2.48. The molecular weight excluding hydrogens is 266 g/mol. The summed E-state index contributed by atoms with van der Waals surface area (Å²) in [5.74, 6) is 0. The van der Waals surface area contributed by atoms with Crippen LogP contribution in [0, 0.1) is 0 Å². The van der Waals surface area contributed by atoms with Crippen LogP contribution in [0.25, 0.3) is 0 Å². The van der Waals surface area contributed by atoms with Gasteiger partial charge in [0.2, 0.25) is 0 Å². The Labute approximate surface area is 127 Å². The number of hydrogen-bond donors (Lipinski definition) is 1. The SMILES string of the molecule is CCC(C)N1CCN(Cc2cccc(C(N)=S)c2)CC1. The quantitative estimate of drug-likeness (QED) is 0.843. The highest BCUT2D eigenvalue weighted by Gasteiger charge is 2.19. The molecule has 0 spiro atoms. The van der Waals surface area contributed by atoms with Crippen molar-refractivity contribution in [3.8, 4) is 0 Å². The standard InChI is InChI=1S/C16H25N3S/c1-3-13(2)19-9-7-18(8-10-19)12-14-5-4-6-15(11-14)16(17)20/h4-6,11,13H,3,7-10,12H2,1-2H3,(H2,17,20). The summed E-state index contributed by atoms with van der Waals surface area (Å²) < 4.78 is 0. The van der Waals surface area contributed by atoms with Crippen LogP contribution in [0.2, 0.25) is 0 Å². The second-order valence-electron chi connectivity index (χ2n) is 5.63. The van der Waals surface area contributed by atoms with Gasteiger partial charge in [-0.15, -0.1) is 0 Å². The predicted octanol–water partition coefficient (Wildman–Crippen LogP) is 2.24. The number of nitrogens with two attached hydrogens (primary N) is 1. The molecule has 0 saturated carbocycles. The maximum absolute atomic E-state index is 5.69. The van der Waals surface area contributed by atoms with E-state index in [0.717, 1.165) is 25.2 Å². The van der Waals surface area contributed by atoms with Crippen molar-refractivity contribution in [3.63, 3.8) is 0 Å². The van der Waals surface area contributed by atoms with Gasteiger partial charge in [-0.2, -0.15) is 0 Å². The van der Waals surface area contributed by atoms with E-state index in [1.165, 1.54) is 25.1 Å². The summed E-state index contributed by atoms with van der Waals surface area (Å²) in [5, 5.41) is 0. The Kier molecular flexibility index (Phi) is 5.52. The van der Waals surface area contributed by atoms with Crippen LogP contribution in [0.1, 0.15) is 31.4 Å². The minimum Gasteiger partial charge on any atom is -0.389 e. The molecule has 20 heavy (non-hydrogen) atoms. The lowest BCUT2D eigenvalue weighted by atomic mass is 10.1. The molecule has 0 aliphatic carbocycles. The molecule has 0 amide bonds. The Morgan fingerprint density at radius 1 is 1.30 bits per heavy atom. The van der Waals surface area contributed by atoms with Gasteiger partial charge in [0.1, 0.15) is 4.99 Å². The van der Waals surface area contributed by atoms with E-state index < -0.39 is 0 Å².